The number of rotatable bonds is 5. The summed E-state index contributed by atoms with van der Waals surface area (Å²) in [5.74, 6) is 2.14. The maximum atomic E-state index is 5.91. The van der Waals surface area contributed by atoms with E-state index in [1.165, 1.54) is 6.42 Å². The Morgan fingerprint density at radius 2 is 2.12 bits per heavy atom. The Labute approximate surface area is 159 Å². The van der Waals surface area contributed by atoms with Crippen LogP contribution in [0, 0.1) is 5.41 Å². The van der Waals surface area contributed by atoms with E-state index in [0.717, 1.165) is 31.2 Å². The van der Waals surface area contributed by atoms with Crippen LogP contribution in [-0.2, 0) is 6.42 Å². The van der Waals surface area contributed by atoms with Crippen molar-refractivity contribution in [2.45, 2.75) is 33.6 Å². The molecule has 1 aliphatic heterocycles. The molecule has 26 heavy (non-hydrogen) atoms. The predicted molar refractivity (Wildman–Crippen MR) is 104 cm³/mol. The monoisotopic (exact) mass is 375 g/mol. The van der Waals surface area contributed by atoms with Gasteiger partial charge >= 0.3 is 0 Å². The van der Waals surface area contributed by atoms with E-state index in [9.17, 15) is 0 Å². The van der Waals surface area contributed by atoms with Crippen molar-refractivity contribution in [3.05, 3.63) is 35.2 Å². The summed E-state index contributed by atoms with van der Waals surface area (Å²) in [4.78, 5) is 11.5. The van der Waals surface area contributed by atoms with Gasteiger partial charge in [-0.3, -0.25) is 4.99 Å². The first-order valence-electron chi connectivity index (χ1n) is 9.09. The van der Waals surface area contributed by atoms with Crippen LogP contribution in [0.4, 0.5) is 0 Å². The lowest BCUT2D eigenvalue weighted by Crippen LogP contribution is -2.40. The first-order chi connectivity index (χ1) is 12.5. The zero-order valence-electron chi connectivity index (χ0n) is 15.6. The molecule has 1 aromatic carbocycles. The van der Waals surface area contributed by atoms with Crippen molar-refractivity contribution in [3.63, 3.8) is 0 Å². The van der Waals surface area contributed by atoms with E-state index in [1.807, 2.05) is 24.3 Å². The number of hydrogen-bond donors (Lipinski definition) is 1. The highest BCUT2D eigenvalue weighted by Gasteiger charge is 2.30. The molecule has 140 valence electrons. The van der Waals surface area contributed by atoms with Gasteiger partial charge in [0.25, 0.3) is 0 Å². The van der Waals surface area contributed by atoms with Crippen molar-refractivity contribution < 1.29 is 4.52 Å². The molecule has 6 nitrogen and oxygen atoms in total. The van der Waals surface area contributed by atoms with Gasteiger partial charge in [0.2, 0.25) is 11.7 Å². The van der Waals surface area contributed by atoms with Crippen molar-refractivity contribution in [3.8, 4) is 11.4 Å². The smallest absolute Gasteiger partial charge is 0.228 e. The fraction of sp³-hybridized carbons (Fsp3) is 0.526. The quantitative estimate of drug-likeness (QED) is 0.638. The van der Waals surface area contributed by atoms with Gasteiger partial charge in [-0.1, -0.05) is 30.6 Å². The lowest BCUT2D eigenvalue weighted by Gasteiger charge is -2.23. The Morgan fingerprint density at radius 1 is 1.35 bits per heavy atom. The fourth-order valence-electron chi connectivity index (χ4n) is 3.05. The van der Waals surface area contributed by atoms with Gasteiger partial charge in [-0.05, 0) is 43.0 Å². The van der Waals surface area contributed by atoms with Crippen molar-refractivity contribution in [2.75, 3.05) is 26.2 Å². The van der Waals surface area contributed by atoms with Crippen LogP contribution in [0.2, 0.25) is 5.02 Å². The van der Waals surface area contributed by atoms with Crippen LogP contribution >= 0.6 is 11.6 Å². The molecule has 1 N–H and O–H groups in total. The summed E-state index contributed by atoms with van der Waals surface area (Å²) in [6.07, 6.45) is 1.80. The highest BCUT2D eigenvalue weighted by molar-refractivity contribution is 6.30. The number of aromatic nitrogens is 2. The van der Waals surface area contributed by atoms with E-state index >= 15 is 0 Å². The fourth-order valence-corrected chi connectivity index (χ4v) is 3.18. The summed E-state index contributed by atoms with van der Waals surface area (Å²) in [5.41, 5.74) is 1.23. The predicted octanol–water partition coefficient (Wildman–Crippen LogP) is 3.63. The molecule has 3 rings (SSSR count). The number of aliphatic imine (C=N–C) groups is 1. The number of hydrogen-bond acceptors (Lipinski definition) is 4. The first kappa shape index (κ1) is 18.7. The van der Waals surface area contributed by atoms with E-state index in [2.05, 4.69) is 41.1 Å². The molecular weight excluding hydrogens is 350 g/mol. The number of nitrogens with zero attached hydrogens (tertiary/aromatic N) is 4. The number of nitrogens with one attached hydrogen (secondary N) is 1. The molecule has 0 bridgehead atoms. The number of guanidine groups is 1. The van der Waals surface area contributed by atoms with Gasteiger partial charge in [0.1, 0.15) is 0 Å². The van der Waals surface area contributed by atoms with Crippen LogP contribution < -0.4 is 5.32 Å². The SMILES string of the molecule is CCNC(=NCCc1nc(-c2ccc(Cl)cc2)no1)N1CCC(C)(C)C1. The van der Waals surface area contributed by atoms with Crippen molar-refractivity contribution in [2.24, 2.45) is 10.4 Å². The molecule has 0 unspecified atom stereocenters. The lowest BCUT2D eigenvalue weighted by molar-refractivity contribution is 0.368. The summed E-state index contributed by atoms with van der Waals surface area (Å²) in [6, 6.07) is 7.40. The van der Waals surface area contributed by atoms with Gasteiger partial charge in [0.15, 0.2) is 5.96 Å². The Balaban J connectivity index is 1.60. The summed E-state index contributed by atoms with van der Waals surface area (Å²) in [7, 11) is 0. The zero-order chi connectivity index (χ0) is 18.6. The second-order valence-corrected chi connectivity index (χ2v) is 7.78. The molecule has 0 radical (unpaired) electrons. The van der Waals surface area contributed by atoms with Crippen LogP contribution in [0.1, 0.15) is 33.1 Å². The number of benzene rings is 1. The van der Waals surface area contributed by atoms with E-state index in [0.29, 0.717) is 35.1 Å². The normalized spacial score (nSPS) is 16.9. The molecule has 1 aliphatic rings. The van der Waals surface area contributed by atoms with E-state index < -0.39 is 0 Å². The molecular formula is C19H26ClN5O. The zero-order valence-corrected chi connectivity index (χ0v) is 16.4. The highest BCUT2D eigenvalue weighted by atomic mass is 35.5. The molecule has 0 amide bonds. The average molecular weight is 376 g/mol. The molecule has 0 atom stereocenters. The topological polar surface area (TPSA) is 66.5 Å². The molecule has 0 aliphatic carbocycles. The maximum Gasteiger partial charge on any atom is 0.228 e. The van der Waals surface area contributed by atoms with Gasteiger partial charge in [0, 0.05) is 36.6 Å². The van der Waals surface area contributed by atoms with E-state index in [1.54, 1.807) is 0 Å². The Kier molecular flexibility index (Phi) is 5.81. The number of halogens is 1. The van der Waals surface area contributed by atoms with Crippen LogP contribution in [0.15, 0.2) is 33.8 Å². The van der Waals surface area contributed by atoms with Gasteiger partial charge < -0.3 is 14.7 Å². The Hall–Kier alpha value is -2.08. The third-order valence-electron chi connectivity index (χ3n) is 4.47. The molecule has 2 aromatic rings. The van der Waals surface area contributed by atoms with Gasteiger partial charge in [0.05, 0.1) is 6.54 Å². The first-order valence-corrected chi connectivity index (χ1v) is 9.46. The molecule has 0 spiro atoms. The molecule has 2 heterocycles. The number of likely N-dealkylation sites (tertiary alicyclic amines) is 1. The third-order valence-corrected chi connectivity index (χ3v) is 4.72. The van der Waals surface area contributed by atoms with E-state index in [4.69, 9.17) is 21.1 Å². The highest BCUT2D eigenvalue weighted by Crippen LogP contribution is 2.28. The second kappa shape index (κ2) is 8.08. The average Bonchev–Trinajstić information content (AvgIpc) is 3.21. The minimum Gasteiger partial charge on any atom is -0.357 e. The largest absolute Gasteiger partial charge is 0.357 e. The second-order valence-electron chi connectivity index (χ2n) is 7.34. The molecule has 1 fully saturated rings. The minimum absolute atomic E-state index is 0.343. The summed E-state index contributed by atoms with van der Waals surface area (Å²) in [6.45, 7) is 10.2. The van der Waals surface area contributed by atoms with Crippen LogP contribution in [0.5, 0.6) is 0 Å². The Bertz CT molecular complexity index is 754. The Morgan fingerprint density at radius 3 is 2.77 bits per heavy atom. The molecule has 0 saturated carbocycles. The van der Waals surface area contributed by atoms with Gasteiger partial charge in [-0.2, -0.15) is 4.98 Å². The standard InChI is InChI=1S/C19H26ClN5O/c1-4-21-18(25-12-10-19(2,3)13-25)22-11-9-16-23-17(24-26-16)14-5-7-15(20)8-6-14/h5-8H,4,9-13H2,1-3H3,(H,21,22). The summed E-state index contributed by atoms with van der Waals surface area (Å²) in [5, 5.41) is 8.11. The molecule has 7 heteroatoms. The third kappa shape index (κ3) is 4.75. The summed E-state index contributed by atoms with van der Waals surface area (Å²) < 4.78 is 5.35. The van der Waals surface area contributed by atoms with E-state index in [-0.39, 0.29) is 0 Å². The minimum atomic E-state index is 0.343. The van der Waals surface area contributed by atoms with Crippen LogP contribution in [-0.4, -0.2) is 47.2 Å². The van der Waals surface area contributed by atoms with Gasteiger partial charge in [-0.25, -0.2) is 0 Å². The summed E-state index contributed by atoms with van der Waals surface area (Å²) >= 11 is 5.91. The van der Waals surface area contributed by atoms with Crippen LogP contribution in [0.25, 0.3) is 11.4 Å². The van der Waals surface area contributed by atoms with Crippen molar-refractivity contribution in [1.29, 1.82) is 0 Å². The van der Waals surface area contributed by atoms with Crippen LogP contribution in [0.3, 0.4) is 0 Å². The van der Waals surface area contributed by atoms with Gasteiger partial charge in [-0.15, -0.1) is 0 Å². The molecule has 1 saturated heterocycles. The van der Waals surface area contributed by atoms with Crippen molar-refractivity contribution >= 4 is 17.6 Å². The lowest BCUT2D eigenvalue weighted by atomic mass is 9.93. The van der Waals surface area contributed by atoms with Crippen molar-refractivity contribution in [1.82, 2.24) is 20.4 Å². The maximum absolute atomic E-state index is 5.91. The molecule has 1 aromatic heterocycles.